The minimum Gasteiger partial charge on any atom is -0.744 e. The monoisotopic (exact) mass is 218 g/mol. The Kier molecular flexibility index (Phi) is 4.21. The molecule has 1 aromatic rings. The average Bonchev–Trinajstić information content (AvgIpc) is 1.94. The van der Waals surface area contributed by atoms with Gasteiger partial charge in [-0.1, -0.05) is 0 Å². The van der Waals surface area contributed by atoms with Crippen molar-refractivity contribution in [1.82, 2.24) is 0 Å². The van der Waals surface area contributed by atoms with Crippen LogP contribution in [0.5, 0.6) is 0 Å². The van der Waals surface area contributed by atoms with Crippen LogP contribution in [0, 0.1) is 17.5 Å². The van der Waals surface area contributed by atoms with Gasteiger partial charge >= 0.3 is 18.9 Å². The van der Waals surface area contributed by atoms with Crippen molar-refractivity contribution in [2.24, 2.45) is 0 Å². The molecular weight excluding hydrogens is 216 g/mol. The molecule has 0 aromatic heterocycles. The van der Waals surface area contributed by atoms with Crippen LogP contribution >= 0.6 is 0 Å². The van der Waals surface area contributed by atoms with Crippen LogP contribution in [0.1, 0.15) is 0 Å². The first-order valence-corrected chi connectivity index (χ1v) is 4.33. The molecule has 0 heterocycles. The minimum atomic E-state index is -5.10. The summed E-state index contributed by atoms with van der Waals surface area (Å²) in [6, 6.07) is 0.00706. The molecule has 0 atom stereocenters. The fraction of sp³-hybridized carbons (Fsp3) is 0. The molecule has 0 saturated heterocycles. The van der Waals surface area contributed by atoms with Crippen molar-refractivity contribution in [3.05, 3.63) is 29.6 Å². The van der Waals surface area contributed by atoms with E-state index in [-0.39, 0.29) is 31.0 Å². The van der Waals surface area contributed by atoms with Crippen LogP contribution in [0.3, 0.4) is 0 Å². The third kappa shape index (κ3) is 2.75. The predicted molar refractivity (Wildman–Crippen MR) is 34.3 cm³/mol. The first-order valence-electron chi connectivity index (χ1n) is 2.93. The Morgan fingerprint density at radius 3 is 1.86 bits per heavy atom. The SMILES string of the molecule is O=S(=O)([O-])c1cc(F)c(F)cc1F.[Li+]. The van der Waals surface area contributed by atoms with E-state index in [2.05, 4.69) is 0 Å². The van der Waals surface area contributed by atoms with E-state index in [1.54, 1.807) is 0 Å². The van der Waals surface area contributed by atoms with E-state index in [9.17, 15) is 26.1 Å². The molecule has 1 aromatic carbocycles. The van der Waals surface area contributed by atoms with Gasteiger partial charge in [0.15, 0.2) is 11.6 Å². The molecule has 0 amide bonds. The van der Waals surface area contributed by atoms with E-state index in [1.807, 2.05) is 0 Å². The summed E-state index contributed by atoms with van der Waals surface area (Å²) in [4.78, 5) is -1.40. The Hall–Kier alpha value is -0.483. The fourth-order valence-corrected chi connectivity index (χ4v) is 1.24. The summed E-state index contributed by atoms with van der Waals surface area (Å²) in [5.74, 6) is -4.74. The number of hydrogen-bond acceptors (Lipinski definition) is 3. The number of benzene rings is 1. The van der Waals surface area contributed by atoms with Crippen LogP contribution in [-0.2, 0) is 10.1 Å². The second-order valence-electron chi connectivity index (χ2n) is 2.15. The zero-order valence-corrected chi connectivity index (χ0v) is 7.74. The molecule has 8 heteroatoms. The molecule has 3 nitrogen and oxygen atoms in total. The van der Waals surface area contributed by atoms with Gasteiger partial charge in [-0.3, -0.25) is 0 Å². The van der Waals surface area contributed by atoms with Gasteiger partial charge < -0.3 is 4.55 Å². The van der Waals surface area contributed by atoms with Gasteiger partial charge in [0.05, 0.1) is 4.90 Å². The van der Waals surface area contributed by atoms with Crippen LogP contribution in [0.25, 0.3) is 0 Å². The minimum absolute atomic E-state index is 0. The smallest absolute Gasteiger partial charge is 0.744 e. The van der Waals surface area contributed by atoms with E-state index in [1.165, 1.54) is 0 Å². The van der Waals surface area contributed by atoms with Gasteiger partial charge in [-0.25, -0.2) is 21.6 Å². The predicted octanol–water partition coefficient (Wildman–Crippen LogP) is -1.99. The molecule has 0 fully saturated rings. The van der Waals surface area contributed by atoms with Gasteiger partial charge in [0.1, 0.15) is 15.9 Å². The van der Waals surface area contributed by atoms with E-state index in [0.29, 0.717) is 0 Å². The van der Waals surface area contributed by atoms with Gasteiger partial charge in [0.2, 0.25) is 0 Å². The second-order valence-corrected chi connectivity index (χ2v) is 3.50. The Balaban J connectivity index is 0.00000169. The van der Waals surface area contributed by atoms with E-state index < -0.39 is 32.5 Å². The molecule has 72 valence electrons. The van der Waals surface area contributed by atoms with Crippen LogP contribution in [0.4, 0.5) is 13.2 Å². The van der Waals surface area contributed by atoms with Crippen LogP contribution < -0.4 is 18.9 Å². The standard InChI is InChI=1S/C6H3F3O3S.Li/c7-3-1-5(9)6(2-4(3)8)13(10,11)12;/h1-2H,(H,10,11,12);/q;+1/p-1. The Labute approximate surface area is 89.9 Å². The molecule has 14 heavy (non-hydrogen) atoms. The molecule has 0 bridgehead atoms. The molecule has 0 radical (unpaired) electrons. The fourth-order valence-electron chi connectivity index (χ4n) is 0.696. The van der Waals surface area contributed by atoms with Crippen molar-refractivity contribution in [2.45, 2.75) is 4.90 Å². The van der Waals surface area contributed by atoms with Gasteiger partial charge in [-0.2, -0.15) is 0 Å². The maximum absolute atomic E-state index is 12.5. The van der Waals surface area contributed by atoms with Crippen LogP contribution in [0.2, 0.25) is 0 Å². The van der Waals surface area contributed by atoms with Crippen LogP contribution in [-0.4, -0.2) is 13.0 Å². The molecule has 0 aliphatic heterocycles. The average molecular weight is 218 g/mol. The molecular formula is C6H2F3LiO3S. The molecule has 0 unspecified atom stereocenters. The van der Waals surface area contributed by atoms with Crippen molar-refractivity contribution in [3.63, 3.8) is 0 Å². The van der Waals surface area contributed by atoms with Crippen molar-refractivity contribution in [2.75, 3.05) is 0 Å². The van der Waals surface area contributed by atoms with Gasteiger partial charge in [-0.05, 0) is 6.07 Å². The number of hydrogen-bond donors (Lipinski definition) is 0. The summed E-state index contributed by atoms with van der Waals surface area (Å²) >= 11 is 0. The third-order valence-electron chi connectivity index (χ3n) is 1.24. The summed E-state index contributed by atoms with van der Waals surface area (Å²) in [6.07, 6.45) is 0. The first-order chi connectivity index (χ1) is 5.82. The first kappa shape index (κ1) is 13.5. The maximum atomic E-state index is 12.5. The van der Waals surface area contributed by atoms with E-state index in [0.717, 1.165) is 0 Å². The van der Waals surface area contributed by atoms with E-state index >= 15 is 0 Å². The molecule has 0 saturated carbocycles. The summed E-state index contributed by atoms with van der Waals surface area (Å²) in [5.41, 5.74) is 0. The quantitative estimate of drug-likeness (QED) is 0.311. The molecule has 0 aliphatic carbocycles. The zero-order chi connectivity index (χ0) is 10.2. The van der Waals surface area contributed by atoms with Gasteiger partial charge in [0, 0.05) is 6.07 Å². The number of halogens is 3. The van der Waals surface area contributed by atoms with E-state index in [4.69, 9.17) is 0 Å². The van der Waals surface area contributed by atoms with Crippen LogP contribution in [0.15, 0.2) is 17.0 Å². The van der Waals surface area contributed by atoms with Gasteiger partial charge in [0.25, 0.3) is 0 Å². The Morgan fingerprint density at radius 1 is 1.00 bits per heavy atom. The largest absolute Gasteiger partial charge is 1.00 e. The summed E-state index contributed by atoms with van der Waals surface area (Å²) in [5, 5.41) is 0. The Morgan fingerprint density at radius 2 is 1.43 bits per heavy atom. The second kappa shape index (κ2) is 4.36. The summed E-state index contributed by atoms with van der Waals surface area (Å²) in [7, 11) is -5.10. The molecule has 0 N–H and O–H groups in total. The molecule has 1 rings (SSSR count). The Bertz CT molecular complexity index is 446. The normalized spacial score (nSPS) is 10.9. The zero-order valence-electron chi connectivity index (χ0n) is 6.92. The summed E-state index contributed by atoms with van der Waals surface area (Å²) in [6.45, 7) is 0. The van der Waals surface area contributed by atoms with Crippen molar-refractivity contribution < 1.29 is 45.0 Å². The number of rotatable bonds is 1. The summed E-state index contributed by atoms with van der Waals surface area (Å²) < 4.78 is 67.8. The topological polar surface area (TPSA) is 57.2 Å². The van der Waals surface area contributed by atoms with Gasteiger partial charge in [-0.15, -0.1) is 0 Å². The van der Waals surface area contributed by atoms with Crippen molar-refractivity contribution >= 4 is 10.1 Å². The third-order valence-corrected chi connectivity index (χ3v) is 2.10. The van der Waals surface area contributed by atoms with Crippen molar-refractivity contribution in [3.8, 4) is 0 Å². The van der Waals surface area contributed by atoms with Crippen molar-refractivity contribution in [1.29, 1.82) is 0 Å². The molecule has 0 spiro atoms. The molecule has 0 aliphatic rings. The maximum Gasteiger partial charge on any atom is 1.00 e.